The summed E-state index contributed by atoms with van der Waals surface area (Å²) in [7, 11) is -0.920. The molecule has 0 aromatic carbocycles. The van der Waals surface area contributed by atoms with Gasteiger partial charge in [-0.3, -0.25) is 4.21 Å². The summed E-state index contributed by atoms with van der Waals surface area (Å²) in [5.41, 5.74) is 0. The fourth-order valence-corrected chi connectivity index (χ4v) is 2.56. The van der Waals surface area contributed by atoms with Crippen LogP contribution in [0.25, 0.3) is 0 Å². The summed E-state index contributed by atoms with van der Waals surface area (Å²) in [6.45, 7) is 9.63. The summed E-state index contributed by atoms with van der Waals surface area (Å²) in [5.74, 6) is 0.789. The lowest BCUT2D eigenvalue weighted by atomic mass is 10.2. The first-order valence-electron chi connectivity index (χ1n) is 5.75. The van der Waals surface area contributed by atoms with E-state index in [1.165, 1.54) is 0 Å². The maximum atomic E-state index is 11.8. The van der Waals surface area contributed by atoms with Gasteiger partial charge in [-0.1, -0.05) is 27.7 Å². The monoisotopic (exact) mass is 235 g/mol. The molecule has 0 aromatic rings. The Bertz CT molecular complexity index is 185. The van der Waals surface area contributed by atoms with Gasteiger partial charge in [0.1, 0.15) is 0 Å². The van der Waals surface area contributed by atoms with Crippen LogP contribution in [0.15, 0.2) is 0 Å². The van der Waals surface area contributed by atoms with Crippen molar-refractivity contribution in [3.05, 3.63) is 0 Å². The molecule has 0 spiro atoms. The largest absolute Gasteiger partial charge is 0.391 e. The van der Waals surface area contributed by atoms with Crippen LogP contribution in [0.4, 0.5) is 0 Å². The third kappa shape index (κ3) is 7.03. The number of aliphatic hydroxyl groups excluding tert-OH is 1. The molecule has 15 heavy (non-hydrogen) atoms. The van der Waals surface area contributed by atoms with Crippen molar-refractivity contribution in [2.45, 2.75) is 45.5 Å². The van der Waals surface area contributed by atoms with E-state index in [-0.39, 0.29) is 5.25 Å². The lowest BCUT2D eigenvalue weighted by Gasteiger charge is -2.17. The zero-order valence-electron chi connectivity index (χ0n) is 10.3. The van der Waals surface area contributed by atoms with E-state index in [1.54, 1.807) is 0 Å². The highest BCUT2D eigenvalue weighted by Crippen LogP contribution is 2.09. The van der Waals surface area contributed by atoms with Crippen molar-refractivity contribution in [1.82, 2.24) is 5.32 Å². The van der Waals surface area contributed by atoms with E-state index in [0.29, 0.717) is 18.2 Å². The molecule has 0 fully saturated rings. The van der Waals surface area contributed by atoms with E-state index in [2.05, 4.69) is 26.1 Å². The normalized spacial score (nSPS) is 17.7. The molecule has 4 heteroatoms. The van der Waals surface area contributed by atoms with E-state index >= 15 is 0 Å². The van der Waals surface area contributed by atoms with Crippen LogP contribution < -0.4 is 5.32 Å². The standard InChI is InChI=1S/C11H25NO2S/c1-5-6-12-7-11(13)8-15(14)10(4)9(2)3/h9-13H,5-8H2,1-4H3. The SMILES string of the molecule is CCCNCC(O)CS(=O)C(C)C(C)C. The van der Waals surface area contributed by atoms with Crippen LogP contribution in [0.1, 0.15) is 34.1 Å². The zero-order chi connectivity index (χ0) is 11.8. The van der Waals surface area contributed by atoms with Crippen molar-refractivity contribution >= 4 is 10.8 Å². The number of nitrogens with one attached hydrogen (secondary N) is 1. The van der Waals surface area contributed by atoms with Gasteiger partial charge < -0.3 is 10.4 Å². The Morgan fingerprint density at radius 2 is 1.93 bits per heavy atom. The molecule has 0 rings (SSSR count). The molecule has 3 atom stereocenters. The number of aliphatic hydroxyl groups is 1. The predicted molar refractivity (Wildman–Crippen MR) is 66.5 cm³/mol. The molecule has 0 heterocycles. The maximum Gasteiger partial charge on any atom is 0.0779 e. The summed E-state index contributed by atoms with van der Waals surface area (Å²) >= 11 is 0. The van der Waals surface area contributed by atoms with E-state index in [1.807, 2.05) is 6.92 Å². The van der Waals surface area contributed by atoms with Crippen molar-refractivity contribution in [2.75, 3.05) is 18.8 Å². The second-order valence-electron chi connectivity index (χ2n) is 4.35. The van der Waals surface area contributed by atoms with Crippen LogP contribution in [0, 0.1) is 5.92 Å². The topological polar surface area (TPSA) is 49.3 Å². The van der Waals surface area contributed by atoms with Crippen molar-refractivity contribution in [3.8, 4) is 0 Å². The lowest BCUT2D eigenvalue weighted by molar-refractivity contribution is 0.195. The minimum atomic E-state index is -0.920. The summed E-state index contributed by atoms with van der Waals surface area (Å²) in [4.78, 5) is 0. The number of rotatable bonds is 8. The van der Waals surface area contributed by atoms with Crippen LogP contribution >= 0.6 is 0 Å². The van der Waals surface area contributed by atoms with Crippen LogP contribution in [-0.2, 0) is 10.8 Å². The second-order valence-corrected chi connectivity index (χ2v) is 6.19. The molecule has 3 unspecified atom stereocenters. The summed E-state index contributed by atoms with van der Waals surface area (Å²) in [6.07, 6.45) is 0.566. The highest BCUT2D eigenvalue weighted by Gasteiger charge is 2.17. The van der Waals surface area contributed by atoms with Gasteiger partial charge in [0, 0.05) is 22.6 Å². The fraction of sp³-hybridized carbons (Fsp3) is 1.00. The predicted octanol–water partition coefficient (Wildman–Crippen LogP) is 1.14. The molecular formula is C11H25NO2S. The average Bonchev–Trinajstić information content (AvgIpc) is 2.16. The van der Waals surface area contributed by atoms with Gasteiger partial charge in [0.15, 0.2) is 0 Å². The Hall–Kier alpha value is 0.0700. The molecule has 0 aromatic heterocycles. The van der Waals surface area contributed by atoms with Gasteiger partial charge in [0.2, 0.25) is 0 Å². The van der Waals surface area contributed by atoms with E-state index < -0.39 is 16.9 Å². The summed E-state index contributed by atoms with van der Waals surface area (Å²) in [6, 6.07) is 0. The van der Waals surface area contributed by atoms with Gasteiger partial charge in [-0.25, -0.2) is 0 Å². The third-order valence-electron chi connectivity index (χ3n) is 2.52. The first kappa shape index (κ1) is 15.1. The van der Waals surface area contributed by atoms with Crippen LogP contribution in [0.2, 0.25) is 0 Å². The van der Waals surface area contributed by atoms with Gasteiger partial charge in [-0.15, -0.1) is 0 Å². The molecule has 0 aliphatic rings. The van der Waals surface area contributed by atoms with Gasteiger partial charge >= 0.3 is 0 Å². The molecule has 0 aliphatic heterocycles. The first-order chi connectivity index (χ1) is 6.99. The van der Waals surface area contributed by atoms with Gasteiger partial charge in [-0.2, -0.15) is 0 Å². The Balaban J connectivity index is 3.75. The van der Waals surface area contributed by atoms with Crippen molar-refractivity contribution in [1.29, 1.82) is 0 Å². The molecule has 0 saturated carbocycles. The molecule has 2 N–H and O–H groups in total. The zero-order valence-corrected chi connectivity index (χ0v) is 11.1. The second kappa shape index (κ2) is 8.25. The lowest BCUT2D eigenvalue weighted by Crippen LogP contribution is -2.34. The van der Waals surface area contributed by atoms with E-state index in [4.69, 9.17) is 0 Å². The number of hydrogen-bond donors (Lipinski definition) is 2. The highest BCUT2D eigenvalue weighted by molar-refractivity contribution is 7.85. The van der Waals surface area contributed by atoms with E-state index in [9.17, 15) is 9.32 Å². The molecule has 0 radical (unpaired) electrons. The minimum Gasteiger partial charge on any atom is -0.391 e. The van der Waals surface area contributed by atoms with Crippen LogP contribution in [0.5, 0.6) is 0 Å². The average molecular weight is 235 g/mol. The quantitative estimate of drug-likeness (QED) is 0.620. The Morgan fingerprint density at radius 3 is 2.40 bits per heavy atom. The smallest absolute Gasteiger partial charge is 0.0779 e. The van der Waals surface area contributed by atoms with Crippen molar-refractivity contribution < 1.29 is 9.32 Å². The van der Waals surface area contributed by atoms with Gasteiger partial charge in [-0.05, 0) is 18.9 Å². The molecule has 0 aliphatic carbocycles. The molecule has 0 amide bonds. The minimum absolute atomic E-state index is 0.158. The Kier molecular flexibility index (Phi) is 8.29. The third-order valence-corrected chi connectivity index (χ3v) is 4.60. The Morgan fingerprint density at radius 1 is 1.33 bits per heavy atom. The van der Waals surface area contributed by atoms with Crippen molar-refractivity contribution in [3.63, 3.8) is 0 Å². The van der Waals surface area contributed by atoms with Crippen LogP contribution in [0.3, 0.4) is 0 Å². The Labute approximate surface area is 96.1 Å². The van der Waals surface area contributed by atoms with Gasteiger partial charge in [0.25, 0.3) is 0 Å². The molecular weight excluding hydrogens is 210 g/mol. The summed E-state index contributed by atoms with van der Waals surface area (Å²) in [5, 5.41) is 12.9. The van der Waals surface area contributed by atoms with E-state index in [0.717, 1.165) is 13.0 Å². The van der Waals surface area contributed by atoms with Crippen LogP contribution in [-0.4, -0.2) is 39.5 Å². The first-order valence-corrected chi connectivity index (χ1v) is 7.13. The maximum absolute atomic E-state index is 11.8. The molecule has 0 saturated heterocycles. The number of hydrogen-bond acceptors (Lipinski definition) is 3. The molecule has 3 nitrogen and oxygen atoms in total. The fourth-order valence-electron chi connectivity index (χ4n) is 1.15. The van der Waals surface area contributed by atoms with Gasteiger partial charge in [0.05, 0.1) is 11.9 Å². The molecule has 0 bridgehead atoms. The molecule has 92 valence electrons. The van der Waals surface area contributed by atoms with Crippen molar-refractivity contribution in [2.24, 2.45) is 5.92 Å². The summed E-state index contributed by atoms with van der Waals surface area (Å²) < 4.78 is 11.8. The highest BCUT2D eigenvalue weighted by atomic mass is 32.2.